The minimum absolute atomic E-state index is 0. The summed E-state index contributed by atoms with van der Waals surface area (Å²) in [6.07, 6.45) is 1.69. The van der Waals surface area contributed by atoms with Crippen LogP contribution >= 0.6 is 0 Å². The minimum atomic E-state index is -2.70. The number of hydrogen-bond acceptors (Lipinski definition) is 3. The van der Waals surface area contributed by atoms with Crippen molar-refractivity contribution in [3.05, 3.63) is 0 Å². The zero-order valence-corrected chi connectivity index (χ0v) is 7.48. The molecule has 11 heavy (non-hydrogen) atoms. The van der Waals surface area contributed by atoms with Crippen LogP contribution in [-0.2, 0) is 15.2 Å². The predicted octanol–water partition coefficient (Wildman–Crippen LogP) is 0.460. The second-order valence-electron chi connectivity index (χ2n) is 2.82. The molecule has 0 N–H and O–H groups in total. The van der Waals surface area contributed by atoms with Gasteiger partial charge in [-0.15, -0.1) is 0 Å². The topological polar surface area (TPSA) is 43.4 Å². The predicted molar refractivity (Wildman–Crippen MR) is 47.5 cm³/mol. The van der Waals surface area contributed by atoms with E-state index in [0.29, 0.717) is 0 Å². The third kappa shape index (κ3) is 8.41. The van der Waals surface area contributed by atoms with Gasteiger partial charge in [-0.25, -0.2) is 8.42 Å². The fourth-order valence-electron chi connectivity index (χ4n) is 0.849. The Labute approximate surface area is 81.8 Å². The maximum absolute atomic E-state index is 10.1. The molecule has 3 nitrogen and oxygen atoms in total. The van der Waals surface area contributed by atoms with Gasteiger partial charge in [-0.2, -0.15) is 0 Å². The zero-order chi connectivity index (χ0) is 8.20. The number of thiol groups is 1. The molecule has 64 valence electrons. The third-order valence-electron chi connectivity index (χ3n) is 1.17. The van der Waals surface area contributed by atoms with Gasteiger partial charge in [0.1, 0.15) is 0 Å². The Balaban J connectivity index is 0. The van der Waals surface area contributed by atoms with Crippen LogP contribution in [0.3, 0.4) is 0 Å². The first kappa shape index (κ1) is 14.1. The van der Waals surface area contributed by atoms with Gasteiger partial charge >= 0.3 is 18.9 Å². The zero-order valence-electron chi connectivity index (χ0n) is 6.59. The summed E-state index contributed by atoms with van der Waals surface area (Å²) in [4.78, 5) is 0. The summed E-state index contributed by atoms with van der Waals surface area (Å²) in [6, 6.07) is 0. The summed E-state index contributed by atoms with van der Waals surface area (Å²) in [5.41, 5.74) is -0.524. The van der Waals surface area contributed by atoms with Crippen LogP contribution in [0.25, 0.3) is 0 Å². The molecule has 5 heteroatoms. The van der Waals surface area contributed by atoms with Gasteiger partial charge in [0.15, 0.2) is 0 Å². The Morgan fingerprint density at radius 2 is 1.82 bits per heavy atom. The van der Waals surface area contributed by atoms with Gasteiger partial charge in [0.25, 0.3) is 11.0 Å². The second kappa shape index (κ2) is 6.07. The first-order chi connectivity index (χ1) is 4.48. The number of hydrogen-bond donors (Lipinski definition) is 1. The molecule has 0 spiro atoms. The molecule has 0 bridgehead atoms. The Kier molecular flexibility index (Phi) is 7.76. The molecule has 0 radical (unpaired) electrons. The molecular formula is C6H15LiO3S. The van der Waals surface area contributed by atoms with E-state index in [4.69, 9.17) is 0 Å². The van der Waals surface area contributed by atoms with E-state index in [2.05, 4.69) is 4.18 Å². The van der Waals surface area contributed by atoms with Gasteiger partial charge in [0, 0.05) is 0 Å². The van der Waals surface area contributed by atoms with Crippen molar-refractivity contribution < 1.29 is 12.6 Å². The van der Waals surface area contributed by atoms with Gasteiger partial charge in [0.05, 0.1) is 5.60 Å². The first-order valence-corrected chi connectivity index (χ1v) is 4.41. The van der Waals surface area contributed by atoms with E-state index in [1.54, 1.807) is 13.8 Å². The van der Waals surface area contributed by atoms with E-state index >= 15 is 0 Å². The SMILES string of the molecule is CCCC(C)(C)O[SH](=O)=O.[LiH]. The van der Waals surface area contributed by atoms with E-state index in [1.807, 2.05) is 6.92 Å². The number of rotatable bonds is 4. The van der Waals surface area contributed by atoms with Gasteiger partial charge in [0.2, 0.25) is 0 Å². The summed E-state index contributed by atoms with van der Waals surface area (Å²) in [5, 5.41) is 0. The fraction of sp³-hybridized carbons (Fsp3) is 1.00. The van der Waals surface area contributed by atoms with E-state index in [-0.39, 0.29) is 18.9 Å². The van der Waals surface area contributed by atoms with E-state index in [0.717, 1.165) is 12.8 Å². The molecule has 0 amide bonds. The molecule has 0 fully saturated rings. The molecule has 0 rings (SSSR count). The molecule has 0 aromatic heterocycles. The molecule has 0 saturated heterocycles. The normalized spacial score (nSPS) is 11.3. The van der Waals surface area contributed by atoms with Crippen molar-refractivity contribution in [2.45, 2.75) is 39.2 Å². The monoisotopic (exact) mass is 174 g/mol. The summed E-state index contributed by atoms with van der Waals surface area (Å²) < 4.78 is 24.8. The van der Waals surface area contributed by atoms with Crippen molar-refractivity contribution >= 4 is 29.8 Å². The van der Waals surface area contributed by atoms with Crippen molar-refractivity contribution in [1.82, 2.24) is 0 Å². The first-order valence-electron chi connectivity index (χ1n) is 3.31. The van der Waals surface area contributed by atoms with Crippen LogP contribution < -0.4 is 0 Å². The summed E-state index contributed by atoms with van der Waals surface area (Å²) in [5.74, 6) is 0. The van der Waals surface area contributed by atoms with Crippen LogP contribution in [0, 0.1) is 0 Å². The van der Waals surface area contributed by atoms with Crippen LogP contribution in [0.1, 0.15) is 33.6 Å². The summed E-state index contributed by atoms with van der Waals surface area (Å²) >= 11 is 0. The standard InChI is InChI=1S/C6H14O3S.Li.H/c1-4-5-6(2,3)9-10(7)8;;/h10H,4-5H2,1-3H3;;. The van der Waals surface area contributed by atoms with E-state index < -0.39 is 16.6 Å². The molecule has 0 unspecified atom stereocenters. The van der Waals surface area contributed by atoms with E-state index in [1.165, 1.54) is 0 Å². The Morgan fingerprint density at radius 3 is 2.09 bits per heavy atom. The Hall–Kier alpha value is 0.507. The summed E-state index contributed by atoms with van der Waals surface area (Å²) in [7, 11) is -2.70. The summed E-state index contributed by atoms with van der Waals surface area (Å²) in [6.45, 7) is 5.52. The Morgan fingerprint density at radius 1 is 1.36 bits per heavy atom. The van der Waals surface area contributed by atoms with Crippen LogP contribution in [0.2, 0.25) is 0 Å². The van der Waals surface area contributed by atoms with E-state index in [9.17, 15) is 8.42 Å². The average Bonchev–Trinajstić information content (AvgIpc) is 1.59. The van der Waals surface area contributed by atoms with Gasteiger partial charge in [-0.05, 0) is 20.3 Å². The molecular weight excluding hydrogens is 159 g/mol. The van der Waals surface area contributed by atoms with Crippen LogP contribution in [-0.4, -0.2) is 32.9 Å². The van der Waals surface area contributed by atoms with Crippen molar-refractivity contribution in [2.75, 3.05) is 0 Å². The molecule has 0 aromatic carbocycles. The van der Waals surface area contributed by atoms with Crippen LogP contribution in [0.15, 0.2) is 0 Å². The molecule has 0 aromatic rings. The van der Waals surface area contributed by atoms with Crippen molar-refractivity contribution in [3.63, 3.8) is 0 Å². The second-order valence-corrected chi connectivity index (χ2v) is 3.45. The van der Waals surface area contributed by atoms with Crippen molar-refractivity contribution in [2.24, 2.45) is 0 Å². The van der Waals surface area contributed by atoms with Crippen molar-refractivity contribution in [3.8, 4) is 0 Å². The average molecular weight is 174 g/mol. The maximum atomic E-state index is 10.1. The Bertz CT molecular complexity index is 157. The molecule has 0 aliphatic heterocycles. The molecule has 0 saturated carbocycles. The van der Waals surface area contributed by atoms with Gasteiger partial charge in [-0.3, -0.25) is 4.18 Å². The van der Waals surface area contributed by atoms with Gasteiger partial charge < -0.3 is 0 Å². The molecule has 0 aliphatic carbocycles. The molecule has 0 aliphatic rings. The molecule has 0 atom stereocenters. The molecule has 0 heterocycles. The quantitative estimate of drug-likeness (QED) is 0.497. The van der Waals surface area contributed by atoms with Crippen molar-refractivity contribution in [1.29, 1.82) is 0 Å². The third-order valence-corrected chi connectivity index (χ3v) is 1.82. The van der Waals surface area contributed by atoms with Gasteiger partial charge in [-0.1, -0.05) is 13.3 Å². The van der Waals surface area contributed by atoms with Crippen LogP contribution in [0.5, 0.6) is 0 Å². The van der Waals surface area contributed by atoms with Crippen LogP contribution in [0.4, 0.5) is 0 Å². The fourth-order valence-corrected chi connectivity index (χ4v) is 1.34.